The SMILES string of the molecule is COC(=O)CC[C@@H](NC(=O)c1ccc(C#N)cn1)C(=O)O. The summed E-state index contributed by atoms with van der Waals surface area (Å²) in [6, 6.07) is 3.33. The van der Waals surface area contributed by atoms with Gasteiger partial charge in [-0.25, -0.2) is 9.78 Å². The van der Waals surface area contributed by atoms with Gasteiger partial charge in [0, 0.05) is 12.6 Å². The zero-order valence-electron chi connectivity index (χ0n) is 11.2. The van der Waals surface area contributed by atoms with Crippen molar-refractivity contribution in [2.75, 3.05) is 7.11 Å². The molecule has 1 aromatic heterocycles. The first-order valence-electron chi connectivity index (χ1n) is 5.94. The number of carbonyl (C=O) groups excluding carboxylic acids is 2. The van der Waals surface area contributed by atoms with Gasteiger partial charge in [0.05, 0.1) is 12.7 Å². The van der Waals surface area contributed by atoms with E-state index in [0.29, 0.717) is 0 Å². The largest absolute Gasteiger partial charge is 0.480 e. The van der Waals surface area contributed by atoms with Crippen LogP contribution in [0, 0.1) is 11.3 Å². The van der Waals surface area contributed by atoms with E-state index in [2.05, 4.69) is 15.0 Å². The molecule has 0 fully saturated rings. The Labute approximate surface area is 120 Å². The molecule has 1 atom stereocenters. The molecular formula is C13H13N3O5. The molecule has 0 unspecified atom stereocenters. The summed E-state index contributed by atoms with van der Waals surface area (Å²) in [6.07, 6.45) is 0.984. The van der Waals surface area contributed by atoms with Crippen molar-refractivity contribution in [3.63, 3.8) is 0 Å². The van der Waals surface area contributed by atoms with E-state index in [1.807, 2.05) is 6.07 Å². The Morgan fingerprint density at radius 3 is 2.67 bits per heavy atom. The van der Waals surface area contributed by atoms with Crippen LogP contribution in [0.2, 0.25) is 0 Å². The Kier molecular flexibility index (Phi) is 5.82. The maximum Gasteiger partial charge on any atom is 0.326 e. The summed E-state index contributed by atoms with van der Waals surface area (Å²) in [6.45, 7) is 0. The van der Waals surface area contributed by atoms with E-state index < -0.39 is 23.9 Å². The first kappa shape index (κ1) is 16.1. The highest BCUT2D eigenvalue weighted by atomic mass is 16.5. The molecule has 0 radical (unpaired) electrons. The third-order valence-electron chi connectivity index (χ3n) is 2.59. The van der Waals surface area contributed by atoms with Crippen LogP contribution in [0.4, 0.5) is 0 Å². The van der Waals surface area contributed by atoms with Gasteiger partial charge >= 0.3 is 11.9 Å². The van der Waals surface area contributed by atoms with E-state index in [9.17, 15) is 14.4 Å². The van der Waals surface area contributed by atoms with Crippen molar-refractivity contribution in [3.8, 4) is 6.07 Å². The Morgan fingerprint density at radius 2 is 2.19 bits per heavy atom. The minimum absolute atomic E-state index is 0.0154. The fourth-order valence-corrected chi connectivity index (χ4v) is 1.45. The maximum absolute atomic E-state index is 11.8. The Hall–Kier alpha value is -2.95. The molecule has 0 aliphatic heterocycles. The Bertz CT molecular complexity index is 576. The van der Waals surface area contributed by atoms with Gasteiger partial charge in [-0.05, 0) is 18.6 Å². The number of aromatic nitrogens is 1. The summed E-state index contributed by atoms with van der Waals surface area (Å²) in [5.41, 5.74) is 0.269. The predicted molar refractivity (Wildman–Crippen MR) is 69.1 cm³/mol. The van der Waals surface area contributed by atoms with Gasteiger partial charge < -0.3 is 15.2 Å². The lowest BCUT2D eigenvalue weighted by Crippen LogP contribution is -2.41. The number of nitrogens with one attached hydrogen (secondary N) is 1. The van der Waals surface area contributed by atoms with Crippen molar-refractivity contribution < 1.29 is 24.2 Å². The van der Waals surface area contributed by atoms with Crippen molar-refractivity contribution in [1.82, 2.24) is 10.3 Å². The number of methoxy groups -OCH3 is 1. The molecule has 0 aliphatic carbocycles. The number of ether oxygens (including phenoxy) is 1. The molecule has 1 rings (SSSR count). The highest BCUT2D eigenvalue weighted by Gasteiger charge is 2.22. The van der Waals surface area contributed by atoms with Crippen LogP contribution >= 0.6 is 0 Å². The van der Waals surface area contributed by atoms with Crippen LogP contribution in [0.15, 0.2) is 18.3 Å². The van der Waals surface area contributed by atoms with Crippen molar-refractivity contribution in [1.29, 1.82) is 5.26 Å². The average molecular weight is 291 g/mol. The molecule has 0 saturated heterocycles. The van der Waals surface area contributed by atoms with Gasteiger partial charge in [0.15, 0.2) is 0 Å². The average Bonchev–Trinajstić information content (AvgIpc) is 2.50. The lowest BCUT2D eigenvalue weighted by Gasteiger charge is -2.13. The summed E-state index contributed by atoms with van der Waals surface area (Å²) in [5.74, 6) is -2.52. The number of hydrogen-bond donors (Lipinski definition) is 2. The van der Waals surface area contributed by atoms with Crippen molar-refractivity contribution in [2.45, 2.75) is 18.9 Å². The number of carboxylic acid groups (broad SMARTS) is 1. The predicted octanol–water partition coefficient (Wildman–Crippen LogP) is 0.0895. The molecule has 0 aromatic carbocycles. The van der Waals surface area contributed by atoms with E-state index in [1.54, 1.807) is 0 Å². The number of rotatable bonds is 6. The molecule has 0 bridgehead atoms. The standard InChI is InChI=1S/C13H13N3O5/c1-21-11(17)5-4-10(13(19)20)16-12(18)9-3-2-8(6-14)7-15-9/h2-3,7,10H,4-5H2,1H3,(H,16,18)(H,19,20)/t10-/m1/s1. The van der Waals surface area contributed by atoms with Gasteiger partial charge in [-0.2, -0.15) is 5.26 Å². The molecule has 8 nitrogen and oxygen atoms in total. The molecule has 8 heteroatoms. The summed E-state index contributed by atoms with van der Waals surface area (Å²) in [5, 5.41) is 19.9. The van der Waals surface area contributed by atoms with Gasteiger partial charge in [-0.1, -0.05) is 0 Å². The second-order valence-electron chi connectivity index (χ2n) is 4.02. The molecule has 1 aromatic rings. The van der Waals surface area contributed by atoms with E-state index in [0.717, 1.165) is 0 Å². The van der Waals surface area contributed by atoms with Crippen LogP contribution in [-0.4, -0.2) is 41.1 Å². The molecule has 110 valence electrons. The summed E-state index contributed by atoms with van der Waals surface area (Å²) in [7, 11) is 1.19. The quantitative estimate of drug-likeness (QED) is 0.710. The molecular weight excluding hydrogens is 278 g/mol. The van der Waals surface area contributed by atoms with Gasteiger partial charge in [-0.3, -0.25) is 9.59 Å². The highest BCUT2D eigenvalue weighted by Crippen LogP contribution is 2.03. The van der Waals surface area contributed by atoms with E-state index in [4.69, 9.17) is 10.4 Å². The van der Waals surface area contributed by atoms with E-state index in [1.165, 1.54) is 25.4 Å². The van der Waals surface area contributed by atoms with Crippen LogP contribution in [0.5, 0.6) is 0 Å². The van der Waals surface area contributed by atoms with Crippen LogP contribution in [0.1, 0.15) is 28.9 Å². The Balaban J connectivity index is 2.69. The monoisotopic (exact) mass is 291 g/mol. The fraction of sp³-hybridized carbons (Fsp3) is 0.308. The molecule has 1 heterocycles. The topological polar surface area (TPSA) is 129 Å². The molecule has 0 aliphatic rings. The minimum Gasteiger partial charge on any atom is -0.480 e. The fourth-order valence-electron chi connectivity index (χ4n) is 1.45. The molecule has 0 spiro atoms. The van der Waals surface area contributed by atoms with Crippen molar-refractivity contribution in [3.05, 3.63) is 29.6 Å². The second kappa shape index (κ2) is 7.59. The normalized spacial score (nSPS) is 11.0. The van der Waals surface area contributed by atoms with Gasteiger partial charge in [0.25, 0.3) is 5.91 Å². The number of nitriles is 1. The number of carboxylic acids is 1. The van der Waals surface area contributed by atoms with Crippen molar-refractivity contribution >= 4 is 17.8 Å². The zero-order chi connectivity index (χ0) is 15.8. The van der Waals surface area contributed by atoms with Crippen LogP contribution in [0.3, 0.4) is 0 Å². The highest BCUT2D eigenvalue weighted by molar-refractivity contribution is 5.95. The summed E-state index contributed by atoms with van der Waals surface area (Å²) < 4.78 is 4.41. The first-order valence-corrected chi connectivity index (χ1v) is 5.94. The van der Waals surface area contributed by atoms with Crippen LogP contribution in [-0.2, 0) is 14.3 Å². The van der Waals surface area contributed by atoms with Gasteiger partial charge in [-0.15, -0.1) is 0 Å². The van der Waals surface area contributed by atoms with E-state index in [-0.39, 0.29) is 24.1 Å². The number of carbonyl (C=O) groups is 3. The molecule has 0 saturated carbocycles. The van der Waals surface area contributed by atoms with Crippen LogP contribution < -0.4 is 5.32 Å². The van der Waals surface area contributed by atoms with Crippen molar-refractivity contribution in [2.24, 2.45) is 0 Å². The third kappa shape index (κ3) is 4.91. The third-order valence-corrected chi connectivity index (χ3v) is 2.59. The number of amides is 1. The maximum atomic E-state index is 11.8. The number of hydrogen-bond acceptors (Lipinski definition) is 6. The zero-order valence-corrected chi connectivity index (χ0v) is 11.2. The van der Waals surface area contributed by atoms with Crippen LogP contribution in [0.25, 0.3) is 0 Å². The lowest BCUT2D eigenvalue weighted by atomic mass is 10.1. The first-order chi connectivity index (χ1) is 9.97. The summed E-state index contributed by atoms with van der Waals surface area (Å²) in [4.78, 5) is 37.6. The van der Waals surface area contributed by atoms with Gasteiger partial charge in [0.1, 0.15) is 17.8 Å². The van der Waals surface area contributed by atoms with E-state index >= 15 is 0 Å². The molecule has 1 amide bonds. The number of pyridine rings is 1. The number of esters is 1. The van der Waals surface area contributed by atoms with Gasteiger partial charge in [0.2, 0.25) is 0 Å². The number of aliphatic carboxylic acids is 1. The summed E-state index contributed by atoms with van der Waals surface area (Å²) >= 11 is 0. The smallest absolute Gasteiger partial charge is 0.326 e. The second-order valence-corrected chi connectivity index (χ2v) is 4.02. The number of nitrogens with zero attached hydrogens (tertiary/aromatic N) is 2. The minimum atomic E-state index is -1.26. The Morgan fingerprint density at radius 1 is 1.48 bits per heavy atom. The molecule has 21 heavy (non-hydrogen) atoms. The lowest BCUT2D eigenvalue weighted by molar-refractivity contribution is -0.142. The molecule has 2 N–H and O–H groups in total.